The molecule has 8 rings (SSSR count). The molecule has 0 spiro atoms. The lowest BCUT2D eigenvalue weighted by atomic mass is 9.86. The van der Waals surface area contributed by atoms with Crippen molar-refractivity contribution >= 4 is 78.2 Å². The Balaban J connectivity index is 1.21. The van der Waals surface area contributed by atoms with E-state index in [1.807, 2.05) is 36.4 Å². The average Bonchev–Trinajstić information content (AvgIpc) is 3.77. The van der Waals surface area contributed by atoms with Gasteiger partial charge in [-0.2, -0.15) is 11.3 Å². The molecule has 4 aromatic heterocycles. The zero-order chi connectivity index (χ0) is 27.9. The molecular weight excluding hydrogens is 565 g/mol. The Morgan fingerprint density at radius 3 is 2.05 bits per heavy atom. The van der Waals surface area contributed by atoms with Gasteiger partial charge in [-0.15, -0.1) is 22.7 Å². The third kappa shape index (κ3) is 3.59. The fourth-order valence-electron chi connectivity index (χ4n) is 5.97. The topological polar surface area (TPSA) is 50.3 Å². The van der Waals surface area contributed by atoms with Crippen LogP contribution in [0.3, 0.4) is 0 Å². The largest absolute Gasteiger partial charge is 0.295 e. The highest BCUT2D eigenvalue weighted by molar-refractivity contribution is 7.30. The maximum absolute atomic E-state index is 12.9. The van der Waals surface area contributed by atoms with Gasteiger partial charge in [0.25, 0.3) is 0 Å². The van der Waals surface area contributed by atoms with Crippen LogP contribution in [0, 0.1) is 0 Å². The maximum Gasteiger partial charge on any atom is 0.198 e. The number of pyridine rings is 1. The number of Topliss-reactive ketones (excluding diaryl/α,β-unsaturated/α-hetero) is 2. The molecule has 0 bridgehead atoms. The van der Waals surface area contributed by atoms with E-state index in [-0.39, 0.29) is 22.6 Å². The van der Waals surface area contributed by atoms with Gasteiger partial charge in [0.1, 0.15) is 5.82 Å². The molecule has 0 radical (unpaired) electrons. The first-order valence-corrected chi connectivity index (χ1v) is 15.9. The zero-order valence-corrected chi connectivity index (χ0v) is 24.6. The molecule has 0 amide bonds. The summed E-state index contributed by atoms with van der Waals surface area (Å²) in [5.41, 5.74) is 6.65. The van der Waals surface area contributed by atoms with Gasteiger partial charge in [-0.3, -0.25) is 14.5 Å². The van der Waals surface area contributed by atoms with E-state index >= 15 is 0 Å². The Kier molecular flexibility index (Phi) is 5.35. The smallest absolute Gasteiger partial charge is 0.198 e. The molecule has 0 saturated carbocycles. The van der Waals surface area contributed by atoms with Crippen molar-refractivity contribution < 1.29 is 9.59 Å². The highest BCUT2D eigenvalue weighted by Gasteiger charge is 2.41. The van der Waals surface area contributed by atoms with Crippen molar-refractivity contribution in [3.63, 3.8) is 0 Å². The van der Waals surface area contributed by atoms with Crippen LogP contribution >= 0.6 is 34.0 Å². The number of para-hydroxylation sites is 2. The first kappa shape index (κ1) is 24.6. The summed E-state index contributed by atoms with van der Waals surface area (Å²) >= 11 is 4.82. The number of allylic oxidation sites excluding steroid dienone is 1. The molecule has 0 unspecified atom stereocenters. The molecule has 41 heavy (non-hydrogen) atoms. The number of ketones is 2. The minimum atomic E-state index is -0.309. The minimum Gasteiger partial charge on any atom is -0.295 e. The van der Waals surface area contributed by atoms with Crippen LogP contribution in [0.25, 0.3) is 25.9 Å². The number of anilines is 3. The van der Waals surface area contributed by atoms with Crippen LogP contribution < -0.4 is 4.90 Å². The molecular formula is C34H22N2O2S3. The predicted octanol–water partition coefficient (Wildman–Crippen LogP) is 9.66. The quantitative estimate of drug-likeness (QED) is 0.152. The van der Waals surface area contributed by atoms with E-state index in [1.54, 1.807) is 39.5 Å². The van der Waals surface area contributed by atoms with Gasteiger partial charge in [-0.25, -0.2) is 4.98 Å². The molecule has 2 aromatic carbocycles. The van der Waals surface area contributed by atoms with Gasteiger partial charge >= 0.3 is 0 Å². The lowest BCUT2D eigenvalue weighted by Crippen LogP contribution is -2.19. The molecule has 2 aliphatic rings. The first-order valence-electron chi connectivity index (χ1n) is 13.3. The average molecular weight is 587 g/mol. The van der Waals surface area contributed by atoms with Crippen LogP contribution in [-0.4, -0.2) is 16.6 Å². The summed E-state index contributed by atoms with van der Waals surface area (Å²) in [4.78, 5) is 35.4. The second-order valence-electron chi connectivity index (χ2n) is 10.8. The molecule has 7 heteroatoms. The number of rotatable bonds is 4. The summed E-state index contributed by atoms with van der Waals surface area (Å²) in [6.45, 7) is 4.49. The third-order valence-electron chi connectivity index (χ3n) is 7.91. The molecule has 6 aromatic rings. The van der Waals surface area contributed by atoms with E-state index in [0.717, 1.165) is 27.8 Å². The van der Waals surface area contributed by atoms with Crippen molar-refractivity contribution in [2.24, 2.45) is 0 Å². The second kappa shape index (κ2) is 8.91. The molecule has 0 aliphatic heterocycles. The Morgan fingerprint density at radius 2 is 1.41 bits per heavy atom. The van der Waals surface area contributed by atoms with E-state index in [2.05, 4.69) is 61.2 Å². The molecule has 0 atom stereocenters. The van der Waals surface area contributed by atoms with Gasteiger partial charge in [-0.1, -0.05) is 50.2 Å². The van der Waals surface area contributed by atoms with Crippen molar-refractivity contribution in [3.8, 4) is 10.4 Å². The molecule has 4 heterocycles. The van der Waals surface area contributed by atoms with Crippen molar-refractivity contribution in [2.45, 2.75) is 19.3 Å². The van der Waals surface area contributed by atoms with Gasteiger partial charge < -0.3 is 0 Å². The number of fused-ring (bicyclic) bond motifs is 6. The number of benzene rings is 2. The first-order chi connectivity index (χ1) is 19.9. The molecule has 0 N–H and O–H groups in total. The minimum absolute atomic E-state index is 0.168. The number of aromatic nitrogens is 1. The highest BCUT2D eigenvalue weighted by Crippen LogP contribution is 2.57. The monoisotopic (exact) mass is 586 g/mol. The van der Waals surface area contributed by atoms with Crippen LogP contribution in [0.5, 0.6) is 0 Å². The van der Waals surface area contributed by atoms with Crippen LogP contribution in [-0.2, 0) is 5.41 Å². The van der Waals surface area contributed by atoms with Crippen LogP contribution in [0.4, 0.5) is 17.2 Å². The molecule has 198 valence electrons. The summed E-state index contributed by atoms with van der Waals surface area (Å²) in [6.07, 6.45) is 1.78. The van der Waals surface area contributed by atoms with Crippen LogP contribution in [0.1, 0.15) is 50.7 Å². The second-order valence-corrected chi connectivity index (χ2v) is 13.6. The van der Waals surface area contributed by atoms with E-state index in [9.17, 15) is 9.59 Å². The van der Waals surface area contributed by atoms with Crippen molar-refractivity contribution in [3.05, 3.63) is 122 Å². The lowest BCUT2D eigenvalue weighted by molar-refractivity contribution is 0.0990. The Bertz CT molecular complexity index is 1990. The lowest BCUT2D eigenvalue weighted by Gasteiger charge is -2.26. The number of nitrogens with zero attached hydrogens (tertiary/aromatic N) is 2. The fourth-order valence-corrected chi connectivity index (χ4v) is 9.71. The van der Waals surface area contributed by atoms with Crippen LogP contribution in [0.2, 0.25) is 0 Å². The number of hydrogen-bond donors (Lipinski definition) is 0. The Hall–Kier alpha value is -4.17. The number of carbonyl (C=O) groups excluding carboxylic acids is 2. The standard InChI is InChI=1S/C34H22N2O2S3/c1-34(2)28-31(41-26-16-21(40-32(26)28)15-23-29(37)24-17-39-18-25(24)30(23)38)22-13-14-27(35-33(22)34)36(19-9-5-3-6-10-19)20-11-7-4-8-12-20/h3-18H,1-2H3. The number of hydrogen-bond acceptors (Lipinski definition) is 7. The molecule has 0 saturated heterocycles. The molecule has 2 aliphatic carbocycles. The van der Waals surface area contributed by atoms with Crippen molar-refractivity contribution in [2.75, 3.05) is 4.90 Å². The zero-order valence-electron chi connectivity index (χ0n) is 22.2. The summed E-state index contributed by atoms with van der Waals surface area (Å²) in [7, 11) is 0. The van der Waals surface area contributed by atoms with Gasteiger partial charge in [0, 0.05) is 64.3 Å². The van der Waals surface area contributed by atoms with E-state index in [1.165, 1.54) is 36.7 Å². The van der Waals surface area contributed by atoms with Crippen LogP contribution in [0.15, 0.2) is 95.2 Å². The number of thiophene rings is 3. The maximum atomic E-state index is 12.9. The van der Waals surface area contributed by atoms with E-state index in [0.29, 0.717) is 11.1 Å². The fraction of sp³-hybridized carbons (Fsp3) is 0.0882. The normalized spacial score (nSPS) is 14.8. The van der Waals surface area contributed by atoms with Gasteiger partial charge in [0.05, 0.1) is 16.0 Å². The van der Waals surface area contributed by atoms with Crippen molar-refractivity contribution in [1.29, 1.82) is 0 Å². The van der Waals surface area contributed by atoms with E-state index in [4.69, 9.17) is 4.98 Å². The predicted molar refractivity (Wildman–Crippen MR) is 171 cm³/mol. The summed E-state index contributed by atoms with van der Waals surface area (Å²) in [6, 6.07) is 27.1. The number of carbonyl (C=O) groups is 2. The summed E-state index contributed by atoms with van der Waals surface area (Å²) < 4.78 is 2.38. The molecule has 4 nitrogen and oxygen atoms in total. The summed E-state index contributed by atoms with van der Waals surface area (Å²) in [5.74, 6) is 0.543. The SMILES string of the molecule is CC1(C)c2nc(N(c3ccccc3)c3ccccc3)ccc2-c2sc3cc(C=C4C(=O)c5cscc5C4=O)sc3c21. The third-order valence-corrected chi connectivity index (χ3v) is 11.1. The molecule has 0 fully saturated rings. The summed E-state index contributed by atoms with van der Waals surface area (Å²) in [5, 5.41) is 3.54. The van der Waals surface area contributed by atoms with Gasteiger partial charge in [-0.05, 0) is 48.5 Å². The van der Waals surface area contributed by atoms with Gasteiger partial charge in [0.2, 0.25) is 0 Å². The van der Waals surface area contributed by atoms with Gasteiger partial charge in [0.15, 0.2) is 11.6 Å². The highest BCUT2D eigenvalue weighted by atomic mass is 32.1. The van der Waals surface area contributed by atoms with Crippen molar-refractivity contribution in [1.82, 2.24) is 4.98 Å². The Morgan fingerprint density at radius 1 is 0.780 bits per heavy atom. The van der Waals surface area contributed by atoms with E-state index < -0.39 is 0 Å². The Labute approximate surface area is 248 Å².